The first-order valence-electron chi connectivity index (χ1n) is 5.48. The summed E-state index contributed by atoms with van der Waals surface area (Å²) in [5.41, 5.74) is 6.74. The van der Waals surface area contributed by atoms with Crippen LogP contribution in [0.25, 0.3) is 10.2 Å². The Morgan fingerprint density at radius 3 is 3.00 bits per heavy atom. The first kappa shape index (κ1) is 11.8. The van der Waals surface area contributed by atoms with Crippen LogP contribution in [0, 0.1) is 5.92 Å². The van der Waals surface area contributed by atoms with Crippen molar-refractivity contribution in [3.05, 3.63) is 28.2 Å². The van der Waals surface area contributed by atoms with Gasteiger partial charge in [-0.15, -0.1) is 11.3 Å². The minimum absolute atomic E-state index is 0.538. The second-order valence-corrected chi connectivity index (χ2v) is 5.49. The normalized spacial score (nSPS) is 13.2. The molecule has 1 heterocycles. The van der Waals surface area contributed by atoms with E-state index in [1.165, 1.54) is 0 Å². The van der Waals surface area contributed by atoms with Crippen LogP contribution in [0.1, 0.15) is 18.4 Å². The Hall–Kier alpha value is -0.640. The molecule has 1 aromatic heterocycles. The first-order chi connectivity index (χ1) is 7.72. The minimum Gasteiger partial charge on any atom is -0.330 e. The summed E-state index contributed by atoms with van der Waals surface area (Å²) in [4.78, 5) is 4.59. The van der Waals surface area contributed by atoms with Gasteiger partial charge in [-0.1, -0.05) is 24.9 Å². The Morgan fingerprint density at radius 2 is 2.31 bits per heavy atom. The maximum atomic E-state index is 5.95. The molecule has 1 atom stereocenters. The lowest BCUT2D eigenvalue weighted by Crippen LogP contribution is -2.15. The lowest BCUT2D eigenvalue weighted by Gasteiger charge is -2.08. The van der Waals surface area contributed by atoms with Gasteiger partial charge in [-0.2, -0.15) is 0 Å². The second kappa shape index (κ2) is 5.13. The SMILES string of the molecule is CCC(CN)Cc1nc2ccc(Cl)cc2s1. The monoisotopic (exact) mass is 254 g/mol. The quantitative estimate of drug-likeness (QED) is 0.907. The summed E-state index contributed by atoms with van der Waals surface area (Å²) in [5.74, 6) is 0.538. The van der Waals surface area contributed by atoms with Gasteiger partial charge in [0.2, 0.25) is 0 Å². The van der Waals surface area contributed by atoms with E-state index in [0.717, 1.165) is 39.6 Å². The molecule has 0 aliphatic rings. The van der Waals surface area contributed by atoms with Gasteiger partial charge < -0.3 is 5.73 Å². The number of nitrogens with zero attached hydrogens (tertiary/aromatic N) is 1. The summed E-state index contributed by atoms with van der Waals surface area (Å²) in [7, 11) is 0. The number of hydrogen-bond donors (Lipinski definition) is 1. The fraction of sp³-hybridized carbons (Fsp3) is 0.417. The highest BCUT2D eigenvalue weighted by molar-refractivity contribution is 7.18. The Morgan fingerprint density at radius 1 is 1.50 bits per heavy atom. The fourth-order valence-corrected chi connectivity index (χ4v) is 3.03. The highest BCUT2D eigenvalue weighted by Crippen LogP contribution is 2.26. The predicted octanol–water partition coefficient (Wildman–Crippen LogP) is 3.48. The Balaban J connectivity index is 2.25. The number of nitrogens with two attached hydrogens (primary N) is 1. The van der Waals surface area contributed by atoms with E-state index in [4.69, 9.17) is 17.3 Å². The minimum atomic E-state index is 0.538. The van der Waals surface area contributed by atoms with Crippen molar-refractivity contribution in [2.45, 2.75) is 19.8 Å². The van der Waals surface area contributed by atoms with Gasteiger partial charge in [0.15, 0.2) is 0 Å². The molecule has 0 radical (unpaired) electrons. The van der Waals surface area contributed by atoms with Crippen molar-refractivity contribution in [3.8, 4) is 0 Å². The van der Waals surface area contributed by atoms with Gasteiger partial charge >= 0.3 is 0 Å². The molecule has 2 rings (SSSR count). The van der Waals surface area contributed by atoms with Gasteiger partial charge in [-0.25, -0.2) is 4.98 Å². The van der Waals surface area contributed by atoms with Crippen LogP contribution in [0.2, 0.25) is 5.02 Å². The van der Waals surface area contributed by atoms with Crippen molar-refractivity contribution in [1.29, 1.82) is 0 Å². The molecule has 4 heteroatoms. The third-order valence-corrected chi connectivity index (χ3v) is 4.04. The molecule has 0 aliphatic carbocycles. The van der Waals surface area contributed by atoms with Crippen molar-refractivity contribution in [3.63, 3.8) is 0 Å². The van der Waals surface area contributed by atoms with Crippen molar-refractivity contribution in [2.24, 2.45) is 11.7 Å². The Kier molecular flexibility index (Phi) is 3.79. The van der Waals surface area contributed by atoms with E-state index in [1.807, 2.05) is 18.2 Å². The van der Waals surface area contributed by atoms with Crippen LogP contribution >= 0.6 is 22.9 Å². The fourth-order valence-electron chi connectivity index (χ4n) is 1.67. The summed E-state index contributed by atoms with van der Waals surface area (Å²) < 4.78 is 1.16. The lowest BCUT2D eigenvalue weighted by molar-refractivity contribution is 0.518. The van der Waals surface area contributed by atoms with Crippen molar-refractivity contribution < 1.29 is 0 Å². The van der Waals surface area contributed by atoms with Crippen LogP contribution in [0.5, 0.6) is 0 Å². The van der Waals surface area contributed by atoms with Crippen LogP contribution in [0.15, 0.2) is 18.2 Å². The van der Waals surface area contributed by atoms with Gasteiger partial charge in [0, 0.05) is 11.4 Å². The molecular formula is C12H15ClN2S. The maximum absolute atomic E-state index is 5.95. The molecule has 2 N–H and O–H groups in total. The van der Waals surface area contributed by atoms with Gasteiger partial charge in [0.25, 0.3) is 0 Å². The van der Waals surface area contributed by atoms with Crippen LogP contribution in [-0.4, -0.2) is 11.5 Å². The standard InChI is InChI=1S/C12H15ClN2S/c1-2-8(7-14)5-12-15-10-4-3-9(13)6-11(10)16-12/h3-4,6,8H,2,5,7,14H2,1H3. The van der Waals surface area contributed by atoms with Gasteiger partial charge in [0.05, 0.1) is 15.2 Å². The Bertz CT molecular complexity index is 477. The summed E-state index contributed by atoms with van der Waals surface area (Å²) in [6.07, 6.45) is 2.08. The van der Waals surface area contributed by atoms with E-state index in [1.54, 1.807) is 11.3 Å². The van der Waals surface area contributed by atoms with Crippen molar-refractivity contribution in [1.82, 2.24) is 4.98 Å². The molecule has 2 nitrogen and oxygen atoms in total. The van der Waals surface area contributed by atoms with E-state index in [0.29, 0.717) is 5.92 Å². The number of rotatable bonds is 4. The van der Waals surface area contributed by atoms with Crippen LogP contribution in [0.4, 0.5) is 0 Å². The summed E-state index contributed by atoms with van der Waals surface area (Å²) in [5, 5.41) is 1.93. The summed E-state index contributed by atoms with van der Waals surface area (Å²) >= 11 is 7.67. The lowest BCUT2D eigenvalue weighted by atomic mass is 10.0. The third-order valence-electron chi connectivity index (χ3n) is 2.77. The second-order valence-electron chi connectivity index (χ2n) is 3.93. The molecule has 16 heavy (non-hydrogen) atoms. The Labute approximate surface area is 104 Å². The molecule has 0 saturated carbocycles. The molecule has 2 aromatic rings. The average molecular weight is 255 g/mol. The van der Waals surface area contributed by atoms with Gasteiger partial charge in [-0.3, -0.25) is 0 Å². The molecule has 0 saturated heterocycles. The zero-order valence-corrected chi connectivity index (χ0v) is 10.8. The third kappa shape index (κ3) is 2.54. The molecule has 0 aliphatic heterocycles. The number of benzene rings is 1. The highest BCUT2D eigenvalue weighted by atomic mass is 35.5. The van der Waals surface area contributed by atoms with Crippen molar-refractivity contribution in [2.75, 3.05) is 6.54 Å². The van der Waals surface area contributed by atoms with E-state index in [-0.39, 0.29) is 0 Å². The molecule has 1 aromatic carbocycles. The van der Waals surface area contributed by atoms with Crippen LogP contribution < -0.4 is 5.73 Å². The first-order valence-corrected chi connectivity index (χ1v) is 6.67. The van der Waals surface area contributed by atoms with Crippen molar-refractivity contribution >= 4 is 33.2 Å². The largest absolute Gasteiger partial charge is 0.330 e. The predicted molar refractivity (Wildman–Crippen MR) is 71.2 cm³/mol. The number of fused-ring (bicyclic) bond motifs is 1. The van der Waals surface area contributed by atoms with E-state index < -0.39 is 0 Å². The number of aromatic nitrogens is 1. The van der Waals surface area contributed by atoms with Crippen LogP contribution in [0.3, 0.4) is 0 Å². The molecule has 1 unspecified atom stereocenters. The zero-order valence-electron chi connectivity index (χ0n) is 9.24. The molecular weight excluding hydrogens is 240 g/mol. The summed E-state index contributed by atoms with van der Waals surface area (Å²) in [6.45, 7) is 2.90. The van der Waals surface area contributed by atoms with Crippen LogP contribution in [-0.2, 0) is 6.42 Å². The van der Waals surface area contributed by atoms with Gasteiger partial charge in [0.1, 0.15) is 0 Å². The molecule has 86 valence electrons. The number of thiazole rings is 1. The molecule has 0 fully saturated rings. The molecule has 0 spiro atoms. The van der Waals surface area contributed by atoms with E-state index >= 15 is 0 Å². The number of halogens is 1. The average Bonchev–Trinajstić information content (AvgIpc) is 2.67. The molecule has 0 bridgehead atoms. The van der Waals surface area contributed by atoms with Gasteiger partial charge in [-0.05, 0) is 30.7 Å². The summed E-state index contributed by atoms with van der Waals surface area (Å²) in [6, 6.07) is 5.83. The number of hydrogen-bond acceptors (Lipinski definition) is 3. The smallest absolute Gasteiger partial charge is 0.0941 e. The highest BCUT2D eigenvalue weighted by Gasteiger charge is 2.09. The zero-order chi connectivity index (χ0) is 11.5. The topological polar surface area (TPSA) is 38.9 Å². The van der Waals surface area contributed by atoms with E-state index in [9.17, 15) is 0 Å². The molecule has 0 amide bonds. The maximum Gasteiger partial charge on any atom is 0.0941 e. The van der Waals surface area contributed by atoms with E-state index in [2.05, 4.69) is 11.9 Å².